The smallest absolute Gasteiger partial charge is 0.189 e. The van der Waals surface area contributed by atoms with Crippen LogP contribution in [0, 0.1) is 5.82 Å². The number of imidazole rings is 1. The number of nitrogens with one attached hydrogen (secondary N) is 1. The standard InChI is InChI=1S/C15H20FN5.HI/c1-15(2,3)20-14(17)19-9-11-4-5-13(12(16)8-11)21-7-6-18-10-21;/h4-8,10H,9H2,1-3H3,(H3,17,19,20);1H. The maximum absolute atomic E-state index is 14.1. The van der Waals surface area contributed by atoms with E-state index in [2.05, 4.69) is 15.3 Å². The highest BCUT2D eigenvalue weighted by Crippen LogP contribution is 2.15. The second kappa shape index (κ2) is 7.57. The van der Waals surface area contributed by atoms with E-state index in [9.17, 15) is 4.39 Å². The number of benzene rings is 1. The summed E-state index contributed by atoms with van der Waals surface area (Å²) in [5.74, 6) is 0.0321. The highest BCUT2D eigenvalue weighted by atomic mass is 127. The molecule has 22 heavy (non-hydrogen) atoms. The average molecular weight is 417 g/mol. The maximum Gasteiger partial charge on any atom is 0.189 e. The molecule has 0 spiro atoms. The predicted molar refractivity (Wildman–Crippen MR) is 97.2 cm³/mol. The van der Waals surface area contributed by atoms with E-state index in [0.29, 0.717) is 18.2 Å². The van der Waals surface area contributed by atoms with E-state index in [1.807, 2.05) is 26.8 Å². The van der Waals surface area contributed by atoms with Crippen LogP contribution < -0.4 is 11.1 Å². The van der Waals surface area contributed by atoms with Crippen molar-refractivity contribution < 1.29 is 4.39 Å². The van der Waals surface area contributed by atoms with Crippen molar-refractivity contribution in [2.24, 2.45) is 10.7 Å². The van der Waals surface area contributed by atoms with Gasteiger partial charge in [0.15, 0.2) is 5.96 Å². The number of aliphatic imine (C=N–C) groups is 1. The summed E-state index contributed by atoms with van der Waals surface area (Å²) in [7, 11) is 0. The Balaban J connectivity index is 0.00000242. The molecule has 0 amide bonds. The topological polar surface area (TPSA) is 68.2 Å². The number of nitrogens with zero attached hydrogens (tertiary/aromatic N) is 3. The van der Waals surface area contributed by atoms with Gasteiger partial charge in [0.2, 0.25) is 0 Å². The lowest BCUT2D eigenvalue weighted by Gasteiger charge is -2.21. The third-order valence-electron chi connectivity index (χ3n) is 2.73. The maximum atomic E-state index is 14.1. The summed E-state index contributed by atoms with van der Waals surface area (Å²) in [5, 5.41) is 3.06. The summed E-state index contributed by atoms with van der Waals surface area (Å²) in [5.41, 5.74) is 6.86. The summed E-state index contributed by atoms with van der Waals surface area (Å²) in [6, 6.07) is 4.99. The molecule has 0 unspecified atom stereocenters. The van der Waals surface area contributed by atoms with Gasteiger partial charge in [-0.25, -0.2) is 14.4 Å². The van der Waals surface area contributed by atoms with Gasteiger partial charge < -0.3 is 15.6 Å². The Kier molecular flexibility index (Phi) is 6.34. The molecule has 1 heterocycles. The molecule has 0 fully saturated rings. The van der Waals surface area contributed by atoms with Crippen molar-refractivity contribution in [3.8, 4) is 5.69 Å². The van der Waals surface area contributed by atoms with Crippen molar-refractivity contribution in [3.63, 3.8) is 0 Å². The molecule has 0 aliphatic heterocycles. The zero-order valence-electron chi connectivity index (χ0n) is 12.9. The molecule has 2 aromatic rings. The van der Waals surface area contributed by atoms with Gasteiger partial charge in [-0.1, -0.05) is 6.07 Å². The number of halogens is 2. The summed E-state index contributed by atoms with van der Waals surface area (Å²) in [6.07, 6.45) is 4.86. The Morgan fingerprint density at radius 3 is 2.68 bits per heavy atom. The molecule has 0 atom stereocenters. The normalized spacial score (nSPS) is 11.9. The molecule has 3 N–H and O–H groups in total. The third-order valence-corrected chi connectivity index (χ3v) is 2.73. The van der Waals surface area contributed by atoms with E-state index in [0.717, 1.165) is 5.56 Å². The molecule has 0 aliphatic rings. The van der Waals surface area contributed by atoms with Gasteiger partial charge in [0, 0.05) is 17.9 Å². The van der Waals surface area contributed by atoms with E-state index in [-0.39, 0.29) is 35.3 Å². The van der Waals surface area contributed by atoms with Crippen LogP contribution in [0.25, 0.3) is 5.69 Å². The molecular weight excluding hydrogens is 396 g/mol. The molecule has 1 aromatic carbocycles. The minimum atomic E-state index is -0.317. The molecular formula is C15H21FIN5. The number of nitrogens with two attached hydrogens (primary N) is 1. The van der Waals surface area contributed by atoms with Gasteiger partial charge in [0.05, 0.1) is 18.6 Å². The van der Waals surface area contributed by atoms with Crippen molar-refractivity contribution in [2.45, 2.75) is 32.9 Å². The molecule has 2 rings (SSSR count). The van der Waals surface area contributed by atoms with Crippen LogP contribution in [0.3, 0.4) is 0 Å². The first-order valence-corrected chi connectivity index (χ1v) is 6.70. The fourth-order valence-corrected chi connectivity index (χ4v) is 1.86. The van der Waals surface area contributed by atoms with Crippen LogP contribution in [-0.2, 0) is 6.54 Å². The van der Waals surface area contributed by atoms with Crippen LogP contribution in [0.4, 0.5) is 4.39 Å². The molecule has 0 saturated carbocycles. The molecule has 5 nitrogen and oxygen atoms in total. The Bertz CT molecular complexity index is 632. The van der Waals surface area contributed by atoms with Crippen LogP contribution >= 0.6 is 24.0 Å². The Labute approximate surface area is 146 Å². The molecule has 0 bridgehead atoms. The first-order valence-electron chi connectivity index (χ1n) is 6.70. The molecule has 0 saturated heterocycles. The van der Waals surface area contributed by atoms with Crippen LogP contribution in [0.15, 0.2) is 41.9 Å². The van der Waals surface area contributed by atoms with E-state index < -0.39 is 0 Å². The zero-order chi connectivity index (χ0) is 15.5. The van der Waals surface area contributed by atoms with E-state index >= 15 is 0 Å². The number of hydrogen-bond donors (Lipinski definition) is 2. The average Bonchev–Trinajstić information content (AvgIpc) is 2.88. The van der Waals surface area contributed by atoms with Crippen molar-refractivity contribution >= 4 is 29.9 Å². The quantitative estimate of drug-likeness (QED) is 0.459. The lowest BCUT2D eigenvalue weighted by atomic mass is 10.1. The summed E-state index contributed by atoms with van der Waals surface area (Å²) in [4.78, 5) is 8.12. The van der Waals surface area contributed by atoms with Gasteiger partial charge in [-0.3, -0.25) is 0 Å². The van der Waals surface area contributed by atoms with Crippen LogP contribution in [0.5, 0.6) is 0 Å². The van der Waals surface area contributed by atoms with Gasteiger partial charge in [0.25, 0.3) is 0 Å². The highest BCUT2D eigenvalue weighted by Gasteiger charge is 2.10. The minimum Gasteiger partial charge on any atom is -0.370 e. The number of rotatable bonds is 3. The zero-order valence-corrected chi connectivity index (χ0v) is 15.2. The molecule has 0 radical (unpaired) electrons. The molecule has 120 valence electrons. The predicted octanol–water partition coefficient (Wildman–Crippen LogP) is 2.83. The first-order chi connectivity index (χ1) is 9.85. The summed E-state index contributed by atoms with van der Waals surface area (Å²) < 4.78 is 15.7. The fourth-order valence-electron chi connectivity index (χ4n) is 1.86. The second-order valence-electron chi connectivity index (χ2n) is 5.83. The fraction of sp³-hybridized carbons (Fsp3) is 0.333. The van der Waals surface area contributed by atoms with E-state index in [1.54, 1.807) is 29.4 Å². The molecule has 1 aromatic heterocycles. The lowest BCUT2D eigenvalue weighted by molar-refractivity contribution is 0.508. The van der Waals surface area contributed by atoms with Crippen LogP contribution in [0.2, 0.25) is 0 Å². The van der Waals surface area contributed by atoms with Crippen molar-refractivity contribution in [2.75, 3.05) is 0 Å². The number of aromatic nitrogens is 2. The number of guanidine groups is 1. The van der Waals surface area contributed by atoms with Crippen LogP contribution in [0.1, 0.15) is 26.3 Å². The van der Waals surface area contributed by atoms with Gasteiger partial charge in [-0.15, -0.1) is 24.0 Å². The Morgan fingerprint density at radius 2 is 2.14 bits per heavy atom. The van der Waals surface area contributed by atoms with Gasteiger partial charge in [0.1, 0.15) is 5.82 Å². The SMILES string of the molecule is CC(C)(C)NC(N)=NCc1ccc(-n2ccnc2)c(F)c1.I. The molecule has 7 heteroatoms. The second-order valence-corrected chi connectivity index (χ2v) is 5.83. The largest absolute Gasteiger partial charge is 0.370 e. The van der Waals surface area contributed by atoms with Crippen molar-refractivity contribution in [1.29, 1.82) is 0 Å². The molecule has 0 aliphatic carbocycles. The van der Waals surface area contributed by atoms with Crippen molar-refractivity contribution in [1.82, 2.24) is 14.9 Å². The summed E-state index contributed by atoms with van der Waals surface area (Å²) >= 11 is 0. The highest BCUT2D eigenvalue weighted by molar-refractivity contribution is 14.0. The first kappa shape index (κ1) is 18.4. The van der Waals surface area contributed by atoms with E-state index in [4.69, 9.17) is 5.73 Å². The van der Waals surface area contributed by atoms with E-state index in [1.165, 1.54) is 6.07 Å². The van der Waals surface area contributed by atoms with Gasteiger partial charge in [-0.05, 0) is 38.5 Å². The monoisotopic (exact) mass is 417 g/mol. The Morgan fingerprint density at radius 1 is 1.41 bits per heavy atom. The minimum absolute atomic E-state index is 0. The summed E-state index contributed by atoms with van der Waals surface area (Å²) in [6.45, 7) is 6.31. The van der Waals surface area contributed by atoms with Crippen LogP contribution in [-0.4, -0.2) is 21.0 Å². The lowest BCUT2D eigenvalue weighted by Crippen LogP contribution is -2.44. The number of hydrogen-bond acceptors (Lipinski definition) is 2. The Hall–Kier alpha value is -1.64. The van der Waals surface area contributed by atoms with Gasteiger partial charge in [-0.2, -0.15) is 0 Å². The van der Waals surface area contributed by atoms with Crippen molar-refractivity contribution in [3.05, 3.63) is 48.3 Å². The van der Waals surface area contributed by atoms with Gasteiger partial charge >= 0.3 is 0 Å². The third kappa shape index (κ3) is 5.28.